The Balaban J connectivity index is 1.34. The Morgan fingerprint density at radius 1 is 0.971 bits per heavy atom. The zero-order valence-corrected chi connectivity index (χ0v) is 20.6. The molecule has 6 nitrogen and oxygen atoms in total. The van der Waals surface area contributed by atoms with Gasteiger partial charge in [-0.05, 0) is 90.0 Å². The van der Waals surface area contributed by atoms with Crippen molar-refractivity contribution in [1.29, 1.82) is 0 Å². The van der Waals surface area contributed by atoms with E-state index in [1.807, 2.05) is 67.6 Å². The number of fused-ring (bicyclic) bond motifs is 1. The summed E-state index contributed by atoms with van der Waals surface area (Å²) in [6, 6.07) is 21.8. The molecule has 0 spiro atoms. The van der Waals surface area contributed by atoms with E-state index >= 15 is 0 Å². The molecule has 0 radical (unpaired) electrons. The number of halogens is 1. The van der Waals surface area contributed by atoms with Crippen LogP contribution in [0.3, 0.4) is 0 Å². The van der Waals surface area contributed by atoms with E-state index in [0.29, 0.717) is 29.1 Å². The van der Waals surface area contributed by atoms with Gasteiger partial charge in [-0.1, -0.05) is 41.9 Å². The topological polar surface area (TPSA) is 91.1 Å². The Bertz CT molecular complexity index is 1500. The van der Waals surface area contributed by atoms with E-state index < -0.39 is 10.0 Å². The van der Waals surface area contributed by atoms with E-state index in [1.165, 1.54) is 6.07 Å². The van der Waals surface area contributed by atoms with Gasteiger partial charge in [0.05, 0.1) is 0 Å². The quantitative estimate of drug-likeness (QED) is 0.330. The highest BCUT2D eigenvalue weighted by molar-refractivity contribution is 7.89. The molecule has 1 unspecified atom stereocenters. The van der Waals surface area contributed by atoms with E-state index in [9.17, 15) is 13.2 Å². The second-order valence-electron chi connectivity index (χ2n) is 8.70. The summed E-state index contributed by atoms with van der Waals surface area (Å²) in [5.41, 5.74) is 6.11. The van der Waals surface area contributed by atoms with Crippen molar-refractivity contribution < 1.29 is 13.2 Å². The molecule has 1 amide bonds. The van der Waals surface area contributed by atoms with Gasteiger partial charge in [0, 0.05) is 28.5 Å². The second-order valence-corrected chi connectivity index (χ2v) is 10.8. The molecule has 1 aliphatic carbocycles. The van der Waals surface area contributed by atoms with E-state index in [0.717, 1.165) is 27.8 Å². The lowest BCUT2D eigenvalue weighted by atomic mass is 9.94. The second kappa shape index (κ2) is 9.34. The maximum Gasteiger partial charge on any atom is 0.256 e. The number of anilines is 1. The fourth-order valence-corrected chi connectivity index (χ4v) is 5.94. The molecule has 0 bridgehead atoms. The molecule has 0 saturated carbocycles. The van der Waals surface area contributed by atoms with Crippen LogP contribution in [0.25, 0.3) is 11.1 Å². The van der Waals surface area contributed by atoms with Crippen LogP contribution < -0.4 is 10.0 Å². The van der Waals surface area contributed by atoms with Crippen molar-refractivity contribution in [2.45, 2.75) is 30.8 Å². The van der Waals surface area contributed by atoms with Crippen LogP contribution in [0.1, 0.15) is 27.0 Å². The Morgan fingerprint density at radius 2 is 1.74 bits per heavy atom. The maximum atomic E-state index is 13.3. The number of aromatic amines is 1. The predicted molar refractivity (Wildman–Crippen MR) is 138 cm³/mol. The molecule has 178 valence electrons. The van der Waals surface area contributed by atoms with Crippen molar-refractivity contribution in [3.8, 4) is 11.1 Å². The largest absolute Gasteiger partial charge is 0.351 e. The number of benzene rings is 3. The minimum Gasteiger partial charge on any atom is -0.351 e. The summed E-state index contributed by atoms with van der Waals surface area (Å²) >= 11 is 6.05. The molecular formula is C27H24ClN3O3S. The average Bonchev–Trinajstić information content (AvgIpc) is 3.49. The van der Waals surface area contributed by atoms with Crippen LogP contribution in [-0.4, -0.2) is 25.4 Å². The first-order valence-corrected chi connectivity index (χ1v) is 13.1. The van der Waals surface area contributed by atoms with Gasteiger partial charge < -0.3 is 10.3 Å². The van der Waals surface area contributed by atoms with Gasteiger partial charge in [0.1, 0.15) is 5.03 Å². The molecule has 1 atom stereocenters. The lowest BCUT2D eigenvalue weighted by Gasteiger charge is -2.14. The molecule has 3 N–H and O–H groups in total. The highest BCUT2D eigenvalue weighted by atomic mass is 35.5. The number of H-pyrrole nitrogens is 1. The third kappa shape index (κ3) is 4.89. The number of sulfonamides is 1. The van der Waals surface area contributed by atoms with E-state index in [1.54, 1.807) is 12.3 Å². The van der Waals surface area contributed by atoms with Gasteiger partial charge in [0.25, 0.3) is 15.9 Å². The van der Waals surface area contributed by atoms with Crippen LogP contribution in [0.5, 0.6) is 0 Å². The first kappa shape index (κ1) is 23.4. The van der Waals surface area contributed by atoms with Gasteiger partial charge in [-0.3, -0.25) is 4.79 Å². The summed E-state index contributed by atoms with van der Waals surface area (Å²) in [6.07, 6.45) is 2.74. The lowest BCUT2D eigenvalue weighted by molar-refractivity contribution is 0.102. The maximum absolute atomic E-state index is 13.3. The molecule has 35 heavy (non-hydrogen) atoms. The monoisotopic (exact) mass is 505 g/mol. The van der Waals surface area contributed by atoms with Gasteiger partial charge >= 0.3 is 0 Å². The van der Waals surface area contributed by atoms with Crippen molar-refractivity contribution >= 4 is 33.2 Å². The van der Waals surface area contributed by atoms with Gasteiger partial charge in [-0.15, -0.1) is 0 Å². The molecule has 1 aromatic heterocycles. The first-order valence-electron chi connectivity index (χ1n) is 11.2. The molecule has 5 rings (SSSR count). The molecular weight excluding hydrogens is 482 g/mol. The van der Waals surface area contributed by atoms with Crippen LogP contribution in [0.15, 0.2) is 84.0 Å². The minimum atomic E-state index is -3.60. The molecule has 4 aromatic rings. The molecule has 3 aromatic carbocycles. The molecule has 0 aliphatic heterocycles. The summed E-state index contributed by atoms with van der Waals surface area (Å²) in [7, 11) is -3.60. The average molecular weight is 506 g/mol. The zero-order chi connectivity index (χ0) is 24.6. The Morgan fingerprint density at radius 3 is 2.49 bits per heavy atom. The third-order valence-electron chi connectivity index (χ3n) is 6.23. The standard InChI is InChI=1S/C27H24ClN3O3S/c1-17-4-2-5-24(26(17)18-7-10-21(28)11-8-18)27(32)30-22-12-9-19-14-23(16-20(19)15-22)31-35(33,34)25-6-3-13-29-25/h2-13,15,23,29,31H,14,16H2,1H3,(H,30,32). The van der Waals surface area contributed by atoms with Gasteiger partial charge in [-0.2, -0.15) is 0 Å². The molecule has 8 heteroatoms. The van der Waals surface area contributed by atoms with Gasteiger partial charge in [0.2, 0.25) is 0 Å². The van der Waals surface area contributed by atoms with Crippen molar-refractivity contribution in [1.82, 2.24) is 9.71 Å². The molecule has 1 aliphatic rings. The van der Waals surface area contributed by atoms with Crippen molar-refractivity contribution in [3.63, 3.8) is 0 Å². The number of hydrogen-bond donors (Lipinski definition) is 3. The summed E-state index contributed by atoms with van der Waals surface area (Å²) in [5.74, 6) is -0.208. The highest BCUT2D eigenvalue weighted by Crippen LogP contribution is 2.30. The van der Waals surface area contributed by atoms with Crippen LogP contribution in [-0.2, 0) is 22.9 Å². The van der Waals surface area contributed by atoms with E-state index in [4.69, 9.17) is 11.6 Å². The van der Waals surface area contributed by atoms with Crippen LogP contribution in [0.4, 0.5) is 5.69 Å². The van der Waals surface area contributed by atoms with E-state index in [2.05, 4.69) is 15.0 Å². The number of nitrogens with one attached hydrogen (secondary N) is 3. The minimum absolute atomic E-state index is 0.149. The van der Waals surface area contributed by atoms with Gasteiger partial charge in [0.15, 0.2) is 0 Å². The summed E-state index contributed by atoms with van der Waals surface area (Å²) in [5, 5.41) is 3.80. The molecule has 0 saturated heterocycles. The fraction of sp³-hybridized carbons (Fsp3) is 0.148. The SMILES string of the molecule is Cc1cccc(C(=O)Nc2ccc3c(c2)CC(NS(=O)(=O)c2ccc[nH]2)C3)c1-c1ccc(Cl)cc1. The van der Waals surface area contributed by atoms with Crippen LogP contribution >= 0.6 is 11.6 Å². The Labute approximate surface area is 209 Å². The third-order valence-corrected chi connectivity index (χ3v) is 7.96. The fourth-order valence-electron chi connectivity index (χ4n) is 4.60. The van der Waals surface area contributed by atoms with Gasteiger partial charge in [-0.25, -0.2) is 13.1 Å². The number of carbonyl (C=O) groups excluding carboxylic acids is 1. The zero-order valence-electron chi connectivity index (χ0n) is 19.0. The number of aryl methyl sites for hydroxylation is 1. The Hall–Kier alpha value is -3.39. The molecule has 0 fully saturated rings. The number of amides is 1. The van der Waals surface area contributed by atoms with Crippen LogP contribution in [0, 0.1) is 6.92 Å². The smallest absolute Gasteiger partial charge is 0.256 e. The van der Waals surface area contributed by atoms with Crippen molar-refractivity contribution in [3.05, 3.63) is 106 Å². The van der Waals surface area contributed by atoms with E-state index in [-0.39, 0.29) is 17.0 Å². The number of aromatic nitrogens is 1. The summed E-state index contributed by atoms with van der Waals surface area (Å²) in [4.78, 5) is 16.0. The first-order chi connectivity index (χ1) is 16.8. The number of carbonyl (C=O) groups is 1. The van der Waals surface area contributed by atoms with Crippen LogP contribution in [0.2, 0.25) is 5.02 Å². The predicted octanol–water partition coefficient (Wildman–Crippen LogP) is 5.34. The number of rotatable bonds is 6. The van der Waals surface area contributed by atoms with Crippen molar-refractivity contribution in [2.75, 3.05) is 5.32 Å². The normalized spacial score (nSPS) is 15.1. The Kier molecular flexibility index (Phi) is 6.23. The molecule has 1 heterocycles. The highest BCUT2D eigenvalue weighted by Gasteiger charge is 2.27. The lowest BCUT2D eigenvalue weighted by Crippen LogP contribution is -2.35. The van der Waals surface area contributed by atoms with Crippen molar-refractivity contribution in [2.24, 2.45) is 0 Å². The summed E-state index contributed by atoms with van der Waals surface area (Å²) in [6.45, 7) is 1.98. The number of hydrogen-bond acceptors (Lipinski definition) is 3. The summed E-state index contributed by atoms with van der Waals surface area (Å²) < 4.78 is 27.9.